The van der Waals surface area contributed by atoms with Crippen molar-refractivity contribution >= 4 is 35.4 Å². The number of alkyl carbamates (subject to hydrolysis) is 1. The lowest BCUT2D eigenvalue weighted by Crippen LogP contribution is -2.51. The van der Waals surface area contributed by atoms with Crippen LogP contribution in [0.4, 0.5) is 29.7 Å². The van der Waals surface area contributed by atoms with Crippen LogP contribution in [0, 0.1) is 11.6 Å². The number of aliphatic hydroxyl groups is 1. The van der Waals surface area contributed by atoms with Crippen molar-refractivity contribution in [2.75, 3.05) is 62.2 Å². The Balaban J connectivity index is 1.29. The monoisotopic (exact) mass is 589 g/mol. The number of aliphatic hydroxyl groups excluding tert-OH is 1. The molecule has 2 atom stereocenters. The first-order valence-electron chi connectivity index (χ1n) is 13.6. The summed E-state index contributed by atoms with van der Waals surface area (Å²) in [5.41, 5.74) is 0.0486. The first-order valence-corrected chi connectivity index (χ1v) is 13.6. The molecule has 42 heavy (non-hydrogen) atoms. The highest BCUT2D eigenvalue weighted by atomic mass is 19.1. The summed E-state index contributed by atoms with van der Waals surface area (Å²) in [5.74, 6) is -2.52. The van der Waals surface area contributed by atoms with Crippen molar-refractivity contribution in [1.29, 1.82) is 0 Å². The summed E-state index contributed by atoms with van der Waals surface area (Å²) < 4.78 is 40.2. The average molecular weight is 590 g/mol. The van der Waals surface area contributed by atoms with Crippen molar-refractivity contribution in [2.45, 2.75) is 25.6 Å². The van der Waals surface area contributed by atoms with E-state index in [-0.39, 0.29) is 69.7 Å². The quantitative estimate of drug-likeness (QED) is 0.416. The van der Waals surface area contributed by atoms with Gasteiger partial charge in [0.05, 0.1) is 38.0 Å². The summed E-state index contributed by atoms with van der Waals surface area (Å²) in [6, 6.07) is 2.09. The van der Waals surface area contributed by atoms with Crippen molar-refractivity contribution in [3.05, 3.63) is 59.7 Å². The fraction of sp³-hybridized carbons (Fsp3) is 0.429. The second-order valence-electron chi connectivity index (χ2n) is 9.74. The Labute approximate surface area is 241 Å². The van der Waals surface area contributed by atoms with Gasteiger partial charge in [-0.2, -0.15) is 0 Å². The van der Waals surface area contributed by atoms with Gasteiger partial charge in [-0.1, -0.05) is 24.3 Å². The van der Waals surface area contributed by atoms with Crippen LogP contribution in [0.1, 0.15) is 13.3 Å². The van der Waals surface area contributed by atoms with E-state index in [2.05, 4.69) is 10.6 Å². The molecule has 4 rings (SSSR count). The third-order valence-corrected chi connectivity index (χ3v) is 6.83. The Kier molecular flexibility index (Phi) is 10.1. The summed E-state index contributed by atoms with van der Waals surface area (Å²) >= 11 is 0. The van der Waals surface area contributed by atoms with Gasteiger partial charge in [0.1, 0.15) is 11.8 Å². The molecule has 0 spiro atoms. The molecule has 1 aromatic carbocycles. The number of allylic oxidation sites excluding steroid dienone is 2. The highest BCUT2D eigenvalue weighted by Crippen LogP contribution is 2.31. The summed E-state index contributed by atoms with van der Waals surface area (Å²) in [7, 11) is 0. The van der Waals surface area contributed by atoms with Gasteiger partial charge in [-0.25, -0.2) is 18.4 Å². The molecule has 3 aliphatic rings. The summed E-state index contributed by atoms with van der Waals surface area (Å²) in [6.07, 6.45) is 5.49. The molecule has 0 bridgehead atoms. The number of ether oxygens (including phenoxy) is 2. The van der Waals surface area contributed by atoms with Gasteiger partial charge in [0.2, 0.25) is 5.91 Å². The maximum absolute atomic E-state index is 15.1. The van der Waals surface area contributed by atoms with Crippen molar-refractivity contribution < 1.29 is 42.5 Å². The van der Waals surface area contributed by atoms with Gasteiger partial charge in [0.15, 0.2) is 11.6 Å². The molecule has 0 saturated carbocycles. The lowest BCUT2D eigenvalue weighted by molar-refractivity contribution is -0.132. The topological polar surface area (TPSA) is 141 Å². The van der Waals surface area contributed by atoms with Crippen LogP contribution in [0.5, 0.6) is 0 Å². The van der Waals surface area contributed by atoms with Crippen molar-refractivity contribution in [3.8, 4) is 0 Å². The van der Waals surface area contributed by atoms with Gasteiger partial charge in [-0.05, 0) is 19.4 Å². The van der Waals surface area contributed by atoms with E-state index in [1.807, 2.05) is 0 Å². The number of amides is 4. The molecular weight excluding hydrogens is 556 g/mol. The van der Waals surface area contributed by atoms with E-state index in [0.29, 0.717) is 12.0 Å². The number of halogens is 2. The zero-order valence-corrected chi connectivity index (χ0v) is 23.1. The molecule has 2 fully saturated rings. The third kappa shape index (κ3) is 7.63. The molecule has 226 valence electrons. The van der Waals surface area contributed by atoms with Crippen LogP contribution in [0.15, 0.2) is 48.1 Å². The molecule has 2 heterocycles. The number of anilines is 2. The maximum atomic E-state index is 15.1. The van der Waals surface area contributed by atoms with Gasteiger partial charge in [0.25, 0.3) is 5.91 Å². The highest BCUT2D eigenvalue weighted by Gasteiger charge is 2.34. The fourth-order valence-electron chi connectivity index (χ4n) is 4.68. The van der Waals surface area contributed by atoms with Crippen LogP contribution in [-0.4, -0.2) is 98.6 Å². The van der Waals surface area contributed by atoms with E-state index in [0.717, 1.165) is 17.0 Å². The van der Waals surface area contributed by atoms with E-state index >= 15 is 8.78 Å². The lowest BCUT2D eigenvalue weighted by Gasteiger charge is -2.36. The Morgan fingerprint density at radius 3 is 2.52 bits per heavy atom. The predicted octanol–water partition coefficient (Wildman–Crippen LogP) is 1.60. The molecular formula is C28H33F2N5O7. The Morgan fingerprint density at radius 1 is 1.12 bits per heavy atom. The Bertz CT molecular complexity index is 1270. The second kappa shape index (κ2) is 13.9. The molecule has 1 aromatic rings. The van der Waals surface area contributed by atoms with Crippen LogP contribution >= 0.6 is 0 Å². The van der Waals surface area contributed by atoms with Crippen LogP contribution in [-0.2, 0) is 19.1 Å². The van der Waals surface area contributed by atoms with Crippen LogP contribution in [0.3, 0.4) is 0 Å². The van der Waals surface area contributed by atoms with Crippen molar-refractivity contribution in [3.63, 3.8) is 0 Å². The average Bonchev–Trinajstić information content (AvgIpc) is 3.32. The van der Waals surface area contributed by atoms with Crippen LogP contribution < -0.4 is 20.4 Å². The standard InChI is InChI=1S/C28H33F2N5O7/c1-2-41-27(39)32-15-21-17-35(28(40)42-21)19-13-22(29)25(23(30)14-19)34-11-9-33(10-12-34)24(37)16-31-26(38)18-5-3-7-20(36)8-4-6-18/h3-7,13-14,20-21,36H,2,8-12,15-17H2,1H3,(H,31,38)(H,32,39). The van der Waals surface area contributed by atoms with Gasteiger partial charge < -0.3 is 35.0 Å². The summed E-state index contributed by atoms with van der Waals surface area (Å²) in [4.78, 5) is 53.0. The minimum atomic E-state index is -0.875. The molecule has 2 aliphatic heterocycles. The Hall–Kier alpha value is -4.46. The Morgan fingerprint density at radius 2 is 1.83 bits per heavy atom. The number of benzene rings is 1. The molecule has 4 amide bonds. The fourth-order valence-corrected chi connectivity index (χ4v) is 4.68. The number of hydrogen-bond acceptors (Lipinski definition) is 8. The van der Waals surface area contributed by atoms with Gasteiger partial charge in [-0.3, -0.25) is 14.5 Å². The smallest absolute Gasteiger partial charge is 0.414 e. The largest absolute Gasteiger partial charge is 0.450 e. The molecule has 2 saturated heterocycles. The molecule has 0 radical (unpaired) electrons. The summed E-state index contributed by atoms with van der Waals surface area (Å²) in [6.45, 7) is 2.23. The van der Waals surface area contributed by atoms with E-state index in [4.69, 9.17) is 9.47 Å². The number of carbonyl (C=O) groups excluding carboxylic acids is 4. The van der Waals surface area contributed by atoms with Gasteiger partial charge in [-0.15, -0.1) is 0 Å². The predicted molar refractivity (Wildman–Crippen MR) is 148 cm³/mol. The number of nitrogens with zero attached hydrogens (tertiary/aromatic N) is 3. The number of cyclic esters (lactones) is 1. The molecule has 14 heteroatoms. The third-order valence-electron chi connectivity index (χ3n) is 6.83. The van der Waals surface area contributed by atoms with Gasteiger partial charge in [0, 0.05) is 43.9 Å². The number of nitrogens with one attached hydrogen (secondary N) is 2. The lowest BCUT2D eigenvalue weighted by atomic mass is 10.1. The van der Waals surface area contributed by atoms with Crippen molar-refractivity contribution in [2.24, 2.45) is 0 Å². The summed E-state index contributed by atoms with van der Waals surface area (Å²) in [5, 5.41) is 14.6. The van der Waals surface area contributed by atoms with E-state index in [1.165, 1.54) is 9.80 Å². The van der Waals surface area contributed by atoms with Crippen LogP contribution in [0.25, 0.3) is 0 Å². The SMILES string of the molecule is CCOC(=O)NCC1CN(c2cc(F)c(N3CCN(C(=O)CNC(=O)C4=CC=CC(O)CC=C4)CC3)c(F)c2)C(=O)O1. The van der Waals surface area contributed by atoms with Crippen LogP contribution in [0.2, 0.25) is 0 Å². The molecule has 2 unspecified atom stereocenters. The number of carbonyl (C=O) groups is 4. The first kappa shape index (κ1) is 30.5. The number of hydrogen-bond donors (Lipinski definition) is 3. The first-order chi connectivity index (χ1) is 20.2. The molecule has 12 nitrogen and oxygen atoms in total. The zero-order valence-electron chi connectivity index (χ0n) is 23.1. The van der Waals surface area contributed by atoms with E-state index < -0.39 is 41.9 Å². The van der Waals surface area contributed by atoms with Crippen molar-refractivity contribution in [1.82, 2.24) is 15.5 Å². The minimum absolute atomic E-state index is 0.0197. The maximum Gasteiger partial charge on any atom is 0.414 e. The molecule has 0 aromatic heterocycles. The second-order valence-corrected chi connectivity index (χ2v) is 9.74. The highest BCUT2D eigenvalue weighted by molar-refractivity contribution is 5.98. The number of rotatable bonds is 8. The minimum Gasteiger partial charge on any atom is -0.450 e. The van der Waals surface area contributed by atoms with E-state index in [1.54, 1.807) is 37.3 Å². The van der Waals surface area contributed by atoms with E-state index in [9.17, 15) is 24.3 Å². The normalized spacial score (nSPS) is 20.4. The zero-order chi connectivity index (χ0) is 30.2. The number of piperazine rings is 1. The molecule has 1 aliphatic carbocycles. The molecule has 3 N–H and O–H groups in total. The van der Waals surface area contributed by atoms with Gasteiger partial charge >= 0.3 is 12.2 Å².